The summed E-state index contributed by atoms with van der Waals surface area (Å²) in [4.78, 5) is 20.0. The summed E-state index contributed by atoms with van der Waals surface area (Å²) in [6.07, 6.45) is 5.27. The van der Waals surface area contributed by atoms with E-state index in [0.717, 1.165) is 77.9 Å². The number of likely N-dealkylation sites (tertiary alicyclic amines) is 1. The highest BCUT2D eigenvalue weighted by Gasteiger charge is 2.49. The van der Waals surface area contributed by atoms with Crippen LogP contribution in [0.15, 0.2) is 0 Å². The molecule has 0 bridgehead atoms. The van der Waals surface area contributed by atoms with Gasteiger partial charge in [-0.15, -0.1) is 0 Å². The summed E-state index contributed by atoms with van der Waals surface area (Å²) < 4.78 is 12.1. The predicted molar refractivity (Wildman–Crippen MR) is 120 cm³/mol. The summed E-state index contributed by atoms with van der Waals surface area (Å²) in [5.41, 5.74) is 0. The molecule has 174 valence electrons. The molecular formula is C23H44N4O3. The van der Waals surface area contributed by atoms with E-state index in [1.54, 1.807) is 0 Å². The average molecular weight is 425 g/mol. The predicted octanol–water partition coefficient (Wildman–Crippen LogP) is 2.76. The second kappa shape index (κ2) is 11.1. The summed E-state index contributed by atoms with van der Waals surface area (Å²) in [6, 6.07) is 0.884. The Morgan fingerprint density at radius 1 is 1.10 bits per heavy atom. The maximum Gasteiger partial charge on any atom is 0.317 e. The van der Waals surface area contributed by atoms with Crippen LogP contribution in [0.2, 0.25) is 0 Å². The lowest BCUT2D eigenvalue weighted by molar-refractivity contribution is -0.201. The van der Waals surface area contributed by atoms with Crippen molar-refractivity contribution in [1.82, 2.24) is 20.0 Å². The molecule has 30 heavy (non-hydrogen) atoms. The topological polar surface area (TPSA) is 57.3 Å². The van der Waals surface area contributed by atoms with Gasteiger partial charge in [0.05, 0.1) is 13.2 Å². The molecule has 1 aliphatic carbocycles. The highest BCUT2D eigenvalue weighted by Crippen LogP contribution is 2.44. The maximum atomic E-state index is 13.0. The molecule has 0 aromatic heterocycles. The number of carbonyl (C=O) groups excluding carboxylic acids is 1. The van der Waals surface area contributed by atoms with Crippen molar-refractivity contribution in [3.05, 3.63) is 0 Å². The fraction of sp³-hybridized carbons (Fsp3) is 0.957. The molecule has 0 radical (unpaired) electrons. The number of rotatable bonds is 9. The van der Waals surface area contributed by atoms with Gasteiger partial charge in [0.25, 0.3) is 0 Å². The molecule has 2 heterocycles. The Hall–Kier alpha value is -0.890. The Morgan fingerprint density at radius 3 is 2.47 bits per heavy atom. The van der Waals surface area contributed by atoms with Gasteiger partial charge >= 0.3 is 6.03 Å². The lowest BCUT2D eigenvalue weighted by Crippen LogP contribution is -2.60. The molecule has 2 aliphatic heterocycles. The normalized spacial score (nSPS) is 28.6. The van der Waals surface area contributed by atoms with Crippen LogP contribution in [0, 0.1) is 5.92 Å². The Kier molecular flexibility index (Phi) is 8.81. The van der Waals surface area contributed by atoms with Gasteiger partial charge in [-0.1, -0.05) is 20.8 Å². The first-order valence-corrected chi connectivity index (χ1v) is 12.3. The van der Waals surface area contributed by atoms with E-state index in [4.69, 9.17) is 9.47 Å². The largest absolute Gasteiger partial charge is 0.348 e. The number of ether oxygens (including phenoxy) is 2. The van der Waals surface area contributed by atoms with Gasteiger partial charge in [0.1, 0.15) is 0 Å². The molecule has 3 aliphatic rings. The van der Waals surface area contributed by atoms with Gasteiger partial charge in [0, 0.05) is 51.1 Å². The third-order valence-electron chi connectivity index (χ3n) is 7.35. The smallest absolute Gasteiger partial charge is 0.317 e. The Balaban J connectivity index is 1.59. The van der Waals surface area contributed by atoms with Crippen LogP contribution in [0.4, 0.5) is 4.79 Å². The summed E-state index contributed by atoms with van der Waals surface area (Å²) in [5, 5.41) is 3.38. The van der Waals surface area contributed by atoms with Gasteiger partial charge in [-0.05, 0) is 51.7 Å². The molecule has 3 fully saturated rings. The number of hydrogen-bond donors (Lipinski definition) is 1. The molecule has 3 rings (SSSR count). The zero-order chi connectivity index (χ0) is 21.6. The van der Waals surface area contributed by atoms with Crippen molar-refractivity contribution in [1.29, 1.82) is 0 Å². The zero-order valence-corrected chi connectivity index (χ0v) is 19.7. The van der Waals surface area contributed by atoms with Crippen LogP contribution in [-0.4, -0.2) is 97.6 Å². The second-order valence-corrected chi connectivity index (χ2v) is 9.16. The molecule has 0 aromatic carbocycles. The van der Waals surface area contributed by atoms with Crippen molar-refractivity contribution < 1.29 is 14.3 Å². The van der Waals surface area contributed by atoms with Gasteiger partial charge in [0.2, 0.25) is 0 Å². The number of nitrogens with one attached hydrogen (secondary N) is 1. The van der Waals surface area contributed by atoms with Crippen molar-refractivity contribution in [2.45, 2.75) is 77.7 Å². The molecule has 0 aromatic rings. The van der Waals surface area contributed by atoms with E-state index in [1.807, 2.05) is 4.90 Å². The first-order valence-electron chi connectivity index (χ1n) is 12.3. The van der Waals surface area contributed by atoms with E-state index in [1.165, 1.54) is 0 Å². The summed E-state index contributed by atoms with van der Waals surface area (Å²) >= 11 is 0. The van der Waals surface area contributed by atoms with Crippen LogP contribution in [0.1, 0.15) is 59.8 Å². The molecule has 3 atom stereocenters. The SMILES string of the molecule is CCCN1C[C@@H](NC(=O)N(CC)CCN(CC)CC)CC2CC3(CC[C@H]21)OCCO3. The maximum absolute atomic E-state index is 13.0. The van der Waals surface area contributed by atoms with Crippen LogP contribution >= 0.6 is 0 Å². The minimum absolute atomic E-state index is 0.0865. The monoisotopic (exact) mass is 424 g/mol. The molecule has 1 N–H and O–H groups in total. The molecule has 1 spiro atoms. The minimum atomic E-state index is -0.357. The van der Waals surface area contributed by atoms with E-state index in [-0.39, 0.29) is 17.9 Å². The third kappa shape index (κ3) is 5.67. The summed E-state index contributed by atoms with van der Waals surface area (Å²) in [6.45, 7) is 16.7. The van der Waals surface area contributed by atoms with Crippen LogP contribution in [0.5, 0.6) is 0 Å². The Labute approximate surface area is 183 Å². The van der Waals surface area contributed by atoms with Crippen molar-refractivity contribution in [3.63, 3.8) is 0 Å². The van der Waals surface area contributed by atoms with Gasteiger partial charge < -0.3 is 24.6 Å². The summed E-state index contributed by atoms with van der Waals surface area (Å²) in [5.74, 6) is 0.165. The Morgan fingerprint density at radius 2 is 1.83 bits per heavy atom. The Bertz CT molecular complexity index is 537. The number of carbonyl (C=O) groups is 1. The van der Waals surface area contributed by atoms with E-state index in [9.17, 15) is 4.79 Å². The van der Waals surface area contributed by atoms with Crippen LogP contribution < -0.4 is 5.32 Å². The van der Waals surface area contributed by atoms with E-state index in [0.29, 0.717) is 25.2 Å². The van der Waals surface area contributed by atoms with Gasteiger partial charge in [0.15, 0.2) is 5.79 Å². The zero-order valence-electron chi connectivity index (χ0n) is 19.7. The first-order chi connectivity index (χ1) is 14.5. The van der Waals surface area contributed by atoms with Crippen molar-refractivity contribution in [2.24, 2.45) is 5.92 Å². The molecular weight excluding hydrogens is 380 g/mol. The lowest BCUT2D eigenvalue weighted by Gasteiger charge is -2.51. The van der Waals surface area contributed by atoms with E-state index in [2.05, 4.69) is 42.8 Å². The quantitative estimate of drug-likeness (QED) is 0.617. The van der Waals surface area contributed by atoms with E-state index >= 15 is 0 Å². The number of urea groups is 1. The number of piperidine rings is 1. The van der Waals surface area contributed by atoms with Crippen LogP contribution in [0.3, 0.4) is 0 Å². The number of hydrogen-bond acceptors (Lipinski definition) is 5. The standard InChI is InChI=1S/C23H44N4O3/c1-5-11-27-18-20(24-22(28)26(8-4)13-12-25(6-2)7-3)16-19-17-23(10-9-21(19)27)29-14-15-30-23/h19-21H,5-18H2,1-4H3,(H,24,28)/t19?,20-,21+/m0/s1. The van der Waals surface area contributed by atoms with Gasteiger partial charge in [-0.2, -0.15) is 0 Å². The molecule has 2 amide bonds. The van der Waals surface area contributed by atoms with Crippen LogP contribution in [0.25, 0.3) is 0 Å². The molecule has 2 saturated heterocycles. The number of amides is 2. The van der Waals surface area contributed by atoms with Crippen molar-refractivity contribution >= 4 is 6.03 Å². The van der Waals surface area contributed by atoms with Gasteiger partial charge in [-0.3, -0.25) is 4.90 Å². The second-order valence-electron chi connectivity index (χ2n) is 9.16. The van der Waals surface area contributed by atoms with E-state index < -0.39 is 0 Å². The van der Waals surface area contributed by atoms with Gasteiger partial charge in [-0.25, -0.2) is 4.79 Å². The first kappa shape index (κ1) is 23.8. The highest BCUT2D eigenvalue weighted by molar-refractivity contribution is 5.74. The highest BCUT2D eigenvalue weighted by atomic mass is 16.7. The fourth-order valence-electron chi connectivity index (χ4n) is 5.70. The average Bonchev–Trinajstić information content (AvgIpc) is 3.18. The fourth-order valence-corrected chi connectivity index (χ4v) is 5.70. The molecule has 1 unspecified atom stereocenters. The molecule has 7 heteroatoms. The molecule has 1 saturated carbocycles. The number of fused-ring (bicyclic) bond motifs is 1. The molecule has 7 nitrogen and oxygen atoms in total. The van der Waals surface area contributed by atoms with Crippen LogP contribution in [-0.2, 0) is 9.47 Å². The van der Waals surface area contributed by atoms with Crippen molar-refractivity contribution in [3.8, 4) is 0 Å². The number of likely N-dealkylation sites (N-methyl/N-ethyl adjacent to an activating group) is 2. The van der Waals surface area contributed by atoms with Crippen molar-refractivity contribution in [2.75, 3.05) is 59.0 Å². The minimum Gasteiger partial charge on any atom is -0.348 e. The summed E-state index contributed by atoms with van der Waals surface area (Å²) in [7, 11) is 0. The lowest BCUT2D eigenvalue weighted by atomic mass is 9.74. The third-order valence-corrected chi connectivity index (χ3v) is 7.35. The number of nitrogens with zero attached hydrogens (tertiary/aromatic N) is 3.